The topological polar surface area (TPSA) is 87.2 Å². The Kier molecular flexibility index (Phi) is 7.56. The van der Waals surface area contributed by atoms with E-state index in [2.05, 4.69) is 18.9 Å². The van der Waals surface area contributed by atoms with Crippen LogP contribution in [-0.2, 0) is 20.9 Å². The van der Waals surface area contributed by atoms with Gasteiger partial charge in [0, 0.05) is 25.8 Å². The second-order valence-electron chi connectivity index (χ2n) is 12.1. The maximum Gasteiger partial charge on any atom is 0.157 e. The molecular weight excluding hydrogens is 426 g/mol. The van der Waals surface area contributed by atoms with Crippen molar-refractivity contribution in [2.45, 2.75) is 85.1 Å². The number of aromatic nitrogens is 2. The number of hydrogen-bond donors (Lipinski definition) is 1. The molecule has 6 heteroatoms. The van der Waals surface area contributed by atoms with E-state index in [1.807, 2.05) is 7.11 Å². The number of carbonyl (C=O) groups excluding carboxylic acids is 2. The van der Waals surface area contributed by atoms with E-state index >= 15 is 0 Å². The van der Waals surface area contributed by atoms with Gasteiger partial charge in [-0.25, -0.2) is 0 Å². The molecule has 4 saturated carbocycles. The van der Waals surface area contributed by atoms with Crippen LogP contribution in [0, 0.1) is 46.3 Å². The maximum atomic E-state index is 13.3. The summed E-state index contributed by atoms with van der Waals surface area (Å²) in [4.78, 5) is 22.1. The van der Waals surface area contributed by atoms with Crippen LogP contribution in [0.15, 0.2) is 12.4 Å². The molecule has 1 aromatic heterocycles. The minimum Gasteiger partial charge on any atom is -0.396 e. The van der Waals surface area contributed by atoms with E-state index in [0.29, 0.717) is 23.4 Å². The van der Waals surface area contributed by atoms with E-state index in [1.54, 1.807) is 17.1 Å². The third-order valence-electron chi connectivity index (χ3n) is 10.5. The third kappa shape index (κ3) is 4.47. The highest BCUT2D eigenvalue weighted by atomic mass is 16.5. The Morgan fingerprint density at radius 1 is 1.15 bits per heavy atom. The Morgan fingerprint density at radius 2 is 1.85 bits per heavy atom. The van der Waals surface area contributed by atoms with Crippen LogP contribution in [0.25, 0.3) is 0 Å². The molecule has 0 saturated heterocycles. The van der Waals surface area contributed by atoms with Gasteiger partial charge in [0.1, 0.15) is 6.29 Å². The van der Waals surface area contributed by atoms with Crippen molar-refractivity contribution in [2.24, 2.45) is 46.3 Å². The lowest BCUT2D eigenvalue weighted by molar-refractivity contribution is -0.138. The minimum absolute atomic E-state index is 0.174. The highest BCUT2D eigenvalue weighted by Gasteiger charge is 2.61. The minimum atomic E-state index is 0.174. The molecule has 0 amide bonds. The van der Waals surface area contributed by atoms with Crippen LogP contribution in [0.4, 0.5) is 5.69 Å². The fourth-order valence-corrected chi connectivity index (χ4v) is 9.00. The molecule has 6 nitrogen and oxygen atoms in total. The van der Waals surface area contributed by atoms with Crippen molar-refractivity contribution in [1.29, 1.82) is 0 Å². The van der Waals surface area contributed by atoms with Crippen LogP contribution < -0.4 is 5.73 Å². The van der Waals surface area contributed by atoms with Crippen LogP contribution >= 0.6 is 0 Å². The molecule has 8 atom stereocenters. The Balaban J connectivity index is 0.000000868. The van der Waals surface area contributed by atoms with E-state index in [1.165, 1.54) is 58.3 Å². The Morgan fingerprint density at radius 3 is 2.53 bits per heavy atom. The fraction of sp³-hybridized carbons (Fsp3) is 0.821. The van der Waals surface area contributed by atoms with Crippen LogP contribution in [-0.4, -0.2) is 35.6 Å². The number of carbonyl (C=O) groups is 2. The Bertz CT molecular complexity index is 869. The molecule has 0 bridgehead atoms. The molecule has 0 aliphatic heterocycles. The molecule has 34 heavy (non-hydrogen) atoms. The molecule has 2 N–H and O–H groups in total. The van der Waals surface area contributed by atoms with Gasteiger partial charge in [0.15, 0.2) is 5.78 Å². The van der Waals surface area contributed by atoms with Crippen molar-refractivity contribution in [3.05, 3.63) is 12.4 Å². The highest BCUT2D eigenvalue weighted by molar-refractivity contribution is 5.82. The van der Waals surface area contributed by atoms with E-state index in [0.717, 1.165) is 48.9 Å². The quantitative estimate of drug-likeness (QED) is 0.599. The average molecular weight is 472 g/mol. The fourth-order valence-electron chi connectivity index (χ4n) is 9.00. The smallest absolute Gasteiger partial charge is 0.157 e. The third-order valence-corrected chi connectivity index (χ3v) is 10.5. The lowest BCUT2D eigenvalue weighted by Crippen LogP contribution is -2.54. The van der Waals surface area contributed by atoms with Gasteiger partial charge in [-0.15, -0.1) is 0 Å². The number of aldehydes is 1. The summed E-state index contributed by atoms with van der Waals surface area (Å²) >= 11 is 0. The highest BCUT2D eigenvalue weighted by Crippen LogP contribution is 2.67. The first kappa shape index (κ1) is 25.4. The molecule has 4 aliphatic carbocycles. The summed E-state index contributed by atoms with van der Waals surface area (Å²) in [5.74, 6) is 4.58. The largest absolute Gasteiger partial charge is 0.396 e. The van der Waals surface area contributed by atoms with E-state index < -0.39 is 0 Å². The van der Waals surface area contributed by atoms with Crippen molar-refractivity contribution in [1.82, 2.24) is 9.78 Å². The number of ketones is 1. The van der Waals surface area contributed by atoms with Gasteiger partial charge in [0.25, 0.3) is 0 Å². The van der Waals surface area contributed by atoms with Crippen LogP contribution in [0.5, 0.6) is 0 Å². The number of ether oxygens (including phenoxy) is 1. The lowest BCUT2D eigenvalue weighted by atomic mass is 9.44. The van der Waals surface area contributed by atoms with Gasteiger partial charge in [0.05, 0.1) is 18.4 Å². The lowest BCUT2D eigenvalue weighted by Gasteiger charge is -2.61. The summed E-state index contributed by atoms with van der Waals surface area (Å²) in [5, 5.41) is 4.25. The molecule has 1 aromatic rings. The Hall–Kier alpha value is -1.69. The zero-order chi connectivity index (χ0) is 24.5. The summed E-state index contributed by atoms with van der Waals surface area (Å²) in [6, 6.07) is 0. The number of anilines is 1. The predicted octanol–water partition coefficient (Wildman–Crippen LogP) is 5.16. The summed E-state index contributed by atoms with van der Waals surface area (Å²) in [6.45, 7) is 7.83. The number of nitrogen functional groups attached to an aromatic ring is 1. The van der Waals surface area contributed by atoms with Gasteiger partial charge in [0.2, 0.25) is 0 Å². The zero-order valence-corrected chi connectivity index (χ0v) is 21.7. The number of rotatable bonds is 5. The average Bonchev–Trinajstić information content (AvgIpc) is 3.37. The molecular formula is C28H45N3O3. The second-order valence-corrected chi connectivity index (χ2v) is 12.1. The normalized spacial score (nSPS) is 40.8. The van der Waals surface area contributed by atoms with E-state index in [9.17, 15) is 4.79 Å². The molecule has 190 valence electrons. The zero-order valence-electron chi connectivity index (χ0n) is 21.7. The molecule has 8 unspecified atom stereocenters. The van der Waals surface area contributed by atoms with E-state index in [-0.39, 0.29) is 11.3 Å². The van der Waals surface area contributed by atoms with E-state index in [4.69, 9.17) is 15.3 Å². The number of fused-ring (bicyclic) bond motifs is 5. The summed E-state index contributed by atoms with van der Waals surface area (Å²) in [7, 11) is 1.85. The number of nitrogens with zero attached hydrogens (tertiary/aromatic N) is 2. The molecule has 4 fully saturated rings. The van der Waals surface area contributed by atoms with Gasteiger partial charge in [-0.05, 0) is 105 Å². The number of hydrogen-bond acceptors (Lipinski definition) is 5. The van der Waals surface area contributed by atoms with Gasteiger partial charge in [-0.2, -0.15) is 5.10 Å². The first-order valence-electron chi connectivity index (χ1n) is 13.5. The van der Waals surface area contributed by atoms with Crippen molar-refractivity contribution < 1.29 is 14.3 Å². The second kappa shape index (κ2) is 10.1. The van der Waals surface area contributed by atoms with Crippen LogP contribution in [0.3, 0.4) is 0 Å². The predicted molar refractivity (Wildman–Crippen MR) is 134 cm³/mol. The summed E-state index contributed by atoms with van der Waals surface area (Å²) < 4.78 is 7.23. The van der Waals surface area contributed by atoms with Gasteiger partial charge >= 0.3 is 0 Å². The monoisotopic (exact) mass is 471 g/mol. The van der Waals surface area contributed by atoms with Crippen molar-refractivity contribution >= 4 is 17.8 Å². The maximum absolute atomic E-state index is 13.3. The summed E-state index contributed by atoms with van der Waals surface area (Å²) in [5.41, 5.74) is 7.11. The molecule has 0 spiro atoms. The van der Waals surface area contributed by atoms with Gasteiger partial charge in [-0.1, -0.05) is 13.8 Å². The molecule has 0 aromatic carbocycles. The molecule has 1 heterocycles. The molecule has 5 rings (SSSR count). The molecule has 4 aliphatic rings. The van der Waals surface area contributed by atoms with Crippen molar-refractivity contribution in [3.63, 3.8) is 0 Å². The van der Waals surface area contributed by atoms with Crippen LogP contribution in [0.1, 0.15) is 78.6 Å². The van der Waals surface area contributed by atoms with Gasteiger partial charge in [-0.3, -0.25) is 9.48 Å². The molecule has 0 radical (unpaired) electrons. The first-order chi connectivity index (χ1) is 16.3. The Labute approximate surface area is 205 Å². The SMILES string of the molecule is CC=O.COCC1CCC2(C)C(CCC3C2CCC2(C)C(C(=O)Cn4cc(N)cn4)CCC32)C1. The van der Waals surface area contributed by atoms with Crippen molar-refractivity contribution in [2.75, 3.05) is 19.5 Å². The van der Waals surface area contributed by atoms with Crippen molar-refractivity contribution in [3.8, 4) is 0 Å². The standard InChI is InChI=1S/C26H41N3O2.C2H4O/c1-25-10-8-17(16-31-3)12-18(25)4-5-20-21-6-7-23(26(21,2)11-9-22(20)25)24(30)15-29-14-19(27)13-28-29;1-2-3/h13-14,17-18,20-23H,4-12,15-16,27H2,1-3H3;2H,1H3. The number of Topliss-reactive ketones (excluding diaryl/α,β-unsaturated/α-hetero) is 1. The van der Waals surface area contributed by atoms with Crippen LogP contribution in [0.2, 0.25) is 0 Å². The van der Waals surface area contributed by atoms with Gasteiger partial charge < -0.3 is 15.3 Å². The number of nitrogens with two attached hydrogens (primary N) is 1. The summed E-state index contributed by atoms with van der Waals surface area (Å²) in [6.07, 6.45) is 15.8. The number of methoxy groups -OCH3 is 1. The first-order valence-corrected chi connectivity index (χ1v) is 13.5.